The van der Waals surface area contributed by atoms with E-state index >= 15 is 0 Å². The minimum atomic E-state index is -0.589. The SMILES string of the molecule is CNC(=O)c1c(NC(=O)c2cc([N+](=O)[O-])ccc2Cl)sc2c1CC[C@H](C)C2. The molecule has 2 aromatic rings. The molecule has 0 unspecified atom stereocenters. The third kappa shape index (κ3) is 3.81. The van der Waals surface area contributed by atoms with Crippen molar-refractivity contribution in [2.75, 3.05) is 12.4 Å². The lowest BCUT2D eigenvalue weighted by molar-refractivity contribution is -0.384. The highest BCUT2D eigenvalue weighted by molar-refractivity contribution is 7.17. The Morgan fingerprint density at radius 3 is 2.74 bits per heavy atom. The Balaban J connectivity index is 1.98. The molecule has 2 amide bonds. The van der Waals surface area contributed by atoms with Crippen molar-refractivity contribution in [3.05, 3.63) is 54.9 Å². The number of non-ortho nitro benzene ring substituents is 1. The monoisotopic (exact) mass is 407 g/mol. The lowest BCUT2D eigenvalue weighted by Crippen LogP contribution is -2.22. The van der Waals surface area contributed by atoms with Crippen LogP contribution in [-0.4, -0.2) is 23.8 Å². The Kier molecular flexibility index (Phi) is 5.48. The van der Waals surface area contributed by atoms with Gasteiger partial charge in [-0.2, -0.15) is 0 Å². The Hall–Kier alpha value is -2.45. The fraction of sp³-hybridized carbons (Fsp3) is 0.333. The van der Waals surface area contributed by atoms with Gasteiger partial charge in [0.1, 0.15) is 5.00 Å². The van der Waals surface area contributed by atoms with Crippen LogP contribution < -0.4 is 10.6 Å². The highest BCUT2D eigenvalue weighted by Crippen LogP contribution is 2.40. The van der Waals surface area contributed by atoms with Crippen molar-refractivity contribution in [2.45, 2.75) is 26.2 Å². The van der Waals surface area contributed by atoms with Gasteiger partial charge in [0.2, 0.25) is 0 Å². The van der Waals surface area contributed by atoms with Gasteiger partial charge < -0.3 is 10.6 Å². The van der Waals surface area contributed by atoms with E-state index < -0.39 is 10.8 Å². The first-order valence-electron chi connectivity index (χ1n) is 8.43. The quantitative estimate of drug-likeness (QED) is 0.589. The van der Waals surface area contributed by atoms with Crippen LogP contribution >= 0.6 is 22.9 Å². The topological polar surface area (TPSA) is 101 Å². The van der Waals surface area contributed by atoms with Crippen LogP contribution in [0.2, 0.25) is 5.02 Å². The maximum atomic E-state index is 12.7. The van der Waals surface area contributed by atoms with E-state index in [4.69, 9.17) is 11.6 Å². The summed E-state index contributed by atoms with van der Waals surface area (Å²) in [6.45, 7) is 2.16. The Labute approximate surface area is 164 Å². The van der Waals surface area contributed by atoms with Gasteiger partial charge in [-0.1, -0.05) is 18.5 Å². The summed E-state index contributed by atoms with van der Waals surface area (Å²) in [6, 6.07) is 3.68. The van der Waals surface area contributed by atoms with E-state index in [9.17, 15) is 19.7 Å². The summed E-state index contributed by atoms with van der Waals surface area (Å²) < 4.78 is 0. The molecule has 1 atom stereocenters. The van der Waals surface area contributed by atoms with Gasteiger partial charge in [-0.05, 0) is 36.8 Å². The van der Waals surface area contributed by atoms with Crippen LogP contribution in [0, 0.1) is 16.0 Å². The van der Waals surface area contributed by atoms with Crippen LogP contribution in [0.1, 0.15) is 44.5 Å². The van der Waals surface area contributed by atoms with Gasteiger partial charge >= 0.3 is 0 Å². The number of benzene rings is 1. The molecule has 3 rings (SSSR count). The zero-order chi connectivity index (χ0) is 19.7. The molecule has 0 fully saturated rings. The van der Waals surface area contributed by atoms with Gasteiger partial charge in [0.15, 0.2) is 0 Å². The van der Waals surface area contributed by atoms with Crippen molar-refractivity contribution in [3.63, 3.8) is 0 Å². The molecule has 142 valence electrons. The van der Waals surface area contributed by atoms with Crippen LogP contribution in [0.4, 0.5) is 10.7 Å². The van der Waals surface area contributed by atoms with E-state index in [0.29, 0.717) is 16.5 Å². The normalized spacial score (nSPS) is 15.7. The first-order valence-corrected chi connectivity index (χ1v) is 9.63. The molecule has 0 aliphatic heterocycles. The largest absolute Gasteiger partial charge is 0.355 e. The summed E-state index contributed by atoms with van der Waals surface area (Å²) in [5.41, 5.74) is 1.21. The lowest BCUT2D eigenvalue weighted by Gasteiger charge is -2.18. The summed E-state index contributed by atoms with van der Waals surface area (Å²) in [6.07, 6.45) is 2.62. The number of nitrogens with zero attached hydrogens (tertiary/aromatic N) is 1. The minimum absolute atomic E-state index is 0.00605. The van der Waals surface area contributed by atoms with E-state index in [2.05, 4.69) is 17.6 Å². The van der Waals surface area contributed by atoms with Crippen molar-refractivity contribution in [2.24, 2.45) is 5.92 Å². The number of amides is 2. The van der Waals surface area contributed by atoms with Gasteiger partial charge in [-0.15, -0.1) is 11.3 Å². The maximum Gasteiger partial charge on any atom is 0.270 e. The Bertz CT molecular complexity index is 941. The Morgan fingerprint density at radius 2 is 2.07 bits per heavy atom. The molecular formula is C18H18ClN3O4S. The van der Waals surface area contributed by atoms with Crippen molar-refractivity contribution in [3.8, 4) is 0 Å². The van der Waals surface area contributed by atoms with Gasteiger partial charge in [0.05, 0.1) is 21.1 Å². The van der Waals surface area contributed by atoms with E-state index in [-0.39, 0.29) is 22.2 Å². The number of nitro benzene ring substituents is 1. The van der Waals surface area contributed by atoms with E-state index in [1.807, 2.05) is 0 Å². The van der Waals surface area contributed by atoms with E-state index in [1.165, 1.54) is 23.5 Å². The predicted molar refractivity (Wildman–Crippen MR) is 105 cm³/mol. The number of hydrogen-bond donors (Lipinski definition) is 2. The average molecular weight is 408 g/mol. The molecule has 7 nitrogen and oxygen atoms in total. The summed E-state index contributed by atoms with van der Waals surface area (Å²) in [7, 11) is 1.54. The Morgan fingerprint density at radius 1 is 1.33 bits per heavy atom. The molecule has 0 spiro atoms. The summed E-state index contributed by atoms with van der Waals surface area (Å²) in [5, 5.41) is 16.9. The van der Waals surface area contributed by atoms with Crippen molar-refractivity contribution in [1.29, 1.82) is 0 Å². The van der Waals surface area contributed by atoms with Crippen LogP contribution in [-0.2, 0) is 12.8 Å². The number of hydrogen-bond acceptors (Lipinski definition) is 5. The number of carbonyl (C=O) groups is 2. The zero-order valence-corrected chi connectivity index (χ0v) is 16.4. The van der Waals surface area contributed by atoms with Crippen LogP contribution in [0.3, 0.4) is 0 Å². The van der Waals surface area contributed by atoms with Crippen molar-refractivity contribution in [1.82, 2.24) is 5.32 Å². The fourth-order valence-electron chi connectivity index (χ4n) is 3.18. The highest BCUT2D eigenvalue weighted by atomic mass is 35.5. The molecule has 0 radical (unpaired) electrons. The number of fused-ring (bicyclic) bond motifs is 1. The molecule has 27 heavy (non-hydrogen) atoms. The van der Waals surface area contributed by atoms with Crippen LogP contribution in [0.25, 0.3) is 0 Å². The van der Waals surface area contributed by atoms with Crippen LogP contribution in [0.15, 0.2) is 18.2 Å². The van der Waals surface area contributed by atoms with Gasteiger partial charge in [0.25, 0.3) is 17.5 Å². The van der Waals surface area contributed by atoms with Crippen LogP contribution in [0.5, 0.6) is 0 Å². The highest BCUT2D eigenvalue weighted by Gasteiger charge is 2.28. The second-order valence-corrected chi connectivity index (χ2v) is 8.02. The molecule has 1 heterocycles. The standard InChI is InChI=1S/C18H18ClN3O4S/c1-9-3-5-11-14(7-9)27-18(15(11)17(24)20-2)21-16(23)12-8-10(22(25)26)4-6-13(12)19/h4,6,8-9H,3,5,7H2,1-2H3,(H,20,24)(H,21,23)/t9-/m0/s1. The molecule has 1 aliphatic rings. The molecule has 1 aromatic heterocycles. The van der Waals surface area contributed by atoms with Gasteiger partial charge in [-0.3, -0.25) is 19.7 Å². The third-order valence-electron chi connectivity index (χ3n) is 4.60. The number of nitro groups is 1. The number of nitrogens with one attached hydrogen (secondary N) is 2. The third-order valence-corrected chi connectivity index (χ3v) is 6.10. The van der Waals surface area contributed by atoms with E-state index in [0.717, 1.165) is 35.8 Å². The first-order chi connectivity index (χ1) is 12.8. The molecule has 1 aromatic carbocycles. The predicted octanol–water partition coefficient (Wildman–Crippen LogP) is 4.05. The smallest absolute Gasteiger partial charge is 0.270 e. The summed E-state index contributed by atoms with van der Waals surface area (Å²) >= 11 is 7.43. The number of anilines is 1. The second kappa shape index (κ2) is 7.66. The number of halogens is 1. The molecule has 9 heteroatoms. The number of carbonyl (C=O) groups excluding carboxylic acids is 2. The van der Waals surface area contributed by atoms with E-state index in [1.54, 1.807) is 7.05 Å². The first kappa shape index (κ1) is 19.3. The number of thiophene rings is 1. The summed E-state index contributed by atoms with van der Waals surface area (Å²) in [5.74, 6) is -0.327. The summed E-state index contributed by atoms with van der Waals surface area (Å²) in [4.78, 5) is 36.6. The molecule has 2 N–H and O–H groups in total. The average Bonchev–Trinajstić information content (AvgIpc) is 2.97. The van der Waals surface area contributed by atoms with Gasteiger partial charge in [0, 0.05) is 24.1 Å². The van der Waals surface area contributed by atoms with Crippen molar-refractivity contribution < 1.29 is 14.5 Å². The molecule has 0 saturated heterocycles. The maximum absolute atomic E-state index is 12.7. The molecule has 0 saturated carbocycles. The van der Waals surface area contributed by atoms with Crippen molar-refractivity contribution >= 4 is 45.4 Å². The fourth-order valence-corrected chi connectivity index (χ4v) is 4.78. The zero-order valence-electron chi connectivity index (χ0n) is 14.8. The minimum Gasteiger partial charge on any atom is -0.355 e. The lowest BCUT2D eigenvalue weighted by atomic mass is 9.88. The number of rotatable bonds is 4. The molecule has 1 aliphatic carbocycles. The van der Waals surface area contributed by atoms with Gasteiger partial charge in [-0.25, -0.2) is 0 Å². The molecular weight excluding hydrogens is 390 g/mol. The second-order valence-electron chi connectivity index (χ2n) is 6.51. The molecule has 0 bridgehead atoms.